The van der Waals surface area contributed by atoms with E-state index in [1.54, 1.807) is 0 Å². The highest BCUT2D eigenvalue weighted by Crippen LogP contribution is 2.24. The lowest BCUT2D eigenvalue weighted by molar-refractivity contribution is -0.119. The van der Waals surface area contributed by atoms with E-state index in [1.165, 1.54) is 16.8 Å². The van der Waals surface area contributed by atoms with Crippen molar-refractivity contribution in [2.75, 3.05) is 31.1 Å². The molecule has 138 valence electrons. The number of aryl methyl sites for hydroxylation is 1. The zero-order valence-electron chi connectivity index (χ0n) is 15.5. The zero-order valence-corrected chi connectivity index (χ0v) is 15.5. The summed E-state index contributed by atoms with van der Waals surface area (Å²) in [6.45, 7) is 8.28. The number of amides is 1. The van der Waals surface area contributed by atoms with Gasteiger partial charge in [-0.05, 0) is 43.2 Å². The maximum atomic E-state index is 10.9. The molecular weight excluding hydrogens is 326 g/mol. The Balaban J connectivity index is 1.61. The van der Waals surface area contributed by atoms with E-state index in [2.05, 4.69) is 54.0 Å². The summed E-state index contributed by atoms with van der Waals surface area (Å²) < 4.78 is 5.41. The lowest BCUT2D eigenvalue weighted by Crippen LogP contribution is -2.51. The van der Waals surface area contributed by atoms with E-state index < -0.39 is 5.91 Å². The van der Waals surface area contributed by atoms with Crippen LogP contribution in [-0.2, 0) is 11.3 Å². The third-order valence-corrected chi connectivity index (χ3v) is 4.89. The number of piperazine rings is 1. The van der Waals surface area contributed by atoms with E-state index in [0.29, 0.717) is 11.8 Å². The Kier molecular flexibility index (Phi) is 5.78. The van der Waals surface area contributed by atoms with E-state index in [0.717, 1.165) is 26.2 Å². The van der Waals surface area contributed by atoms with Crippen LogP contribution in [0.2, 0.25) is 0 Å². The molecule has 1 fully saturated rings. The van der Waals surface area contributed by atoms with Gasteiger partial charge in [-0.1, -0.05) is 30.3 Å². The van der Waals surface area contributed by atoms with Gasteiger partial charge in [0.2, 0.25) is 0 Å². The van der Waals surface area contributed by atoms with Crippen LogP contribution in [0.25, 0.3) is 0 Å². The summed E-state index contributed by atoms with van der Waals surface area (Å²) in [5.74, 6) is 0.226. The first-order valence-electron chi connectivity index (χ1n) is 9.07. The topological polar surface area (TPSA) is 58.8 Å². The molecule has 1 aliphatic rings. The molecule has 0 unspecified atom stereocenters. The number of nitrogens with zero attached hydrogens (tertiary/aromatic N) is 2. The lowest BCUT2D eigenvalue weighted by atomic mass is 10.1. The Morgan fingerprint density at radius 2 is 2.00 bits per heavy atom. The highest BCUT2D eigenvalue weighted by molar-refractivity contribution is 5.75. The minimum Gasteiger partial charge on any atom is -0.484 e. The maximum Gasteiger partial charge on any atom is 0.255 e. The number of primary amides is 1. The van der Waals surface area contributed by atoms with Gasteiger partial charge in [0.25, 0.3) is 5.91 Å². The van der Waals surface area contributed by atoms with E-state index in [4.69, 9.17) is 10.5 Å². The van der Waals surface area contributed by atoms with Crippen molar-refractivity contribution in [1.82, 2.24) is 4.90 Å². The molecule has 1 amide bonds. The Hall–Kier alpha value is -2.53. The second-order valence-electron chi connectivity index (χ2n) is 6.95. The molecule has 3 rings (SSSR count). The van der Waals surface area contributed by atoms with Crippen LogP contribution in [0.1, 0.15) is 18.1 Å². The van der Waals surface area contributed by atoms with Crippen LogP contribution in [0.15, 0.2) is 48.5 Å². The number of anilines is 1. The van der Waals surface area contributed by atoms with Gasteiger partial charge in [0.1, 0.15) is 5.75 Å². The number of ether oxygens (including phenoxy) is 1. The Bertz CT molecular complexity index is 762. The highest BCUT2D eigenvalue weighted by Gasteiger charge is 2.24. The smallest absolute Gasteiger partial charge is 0.255 e. The predicted molar refractivity (Wildman–Crippen MR) is 104 cm³/mol. The molecule has 0 bridgehead atoms. The van der Waals surface area contributed by atoms with Gasteiger partial charge in [-0.25, -0.2) is 0 Å². The molecule has 2 aromatic carbocycles. The first kappa shape index (κ1) is 18.3. The average Bonchev–Trinajstić information content (AvgIpc) is 2.62. The van der Waals surface area contributed by atoms with Crippen LogP contribution < -0.4 is 15.4 Å². The molecule has 2 aromatic rings. The second-order valence-corrected chi connectivity index (χ2v) is 6.95. The molecule has 2 N–H and O–H groups in total. The molecule has 0 saturated carbocycles. The van der Waals surface area contributed by atoms with E-state index in [-0.39, 0.29) is 6.61 Å². The molecule has 1 aliphatic heterocycles. The van der Waals surface area contributed by atoms with Gasteiger partial charge in [-0.3, -0.25) is 9.69 Å². The van der Waals surface area contributed by atoms with E-state index in [1.807, 2.05) is 18.2 Å². The molecule has 5 nitrogen and oxygen atoms in total. The highest BCUT2D eigenvalue weighted by atomic mass is 16.5. The Morgan fingerprint density at radius 1 is 1.19 bits per heavy atom. The van der Waals surface area contributed by atoms with Crippen LogP contribution in [0.5, 0.6) is 5.75 Å². The summed E-state index contributed by atoms with van der Waals surface area (Å²) in [5, 5.41) is 0. The van der Waals surface area contributed by atoms with Crippen LogP contribution in [0, 0.1) is 6.92 Å². The molecule has 1 atom stereocenters. The molecule has 1 saturated heterocycles. The van der Waals surface area contributed by atoms with Crippen molar-refractivity contribution >= 4 is 11.6 Å². The van der Waals surface area contributed by atoms with Crippen molar-refractivity contribution in [2.45, 2.75) is 26.4 Å². The van der Waals surface area contributed by atoms with Gasteiger partial charge in [0, 0.05) is 37.9 Å². The standard InChI is InChI=1S/C21H27N3O2/c1-16-6-3-4-9-20(16)24-11-10-23(17(2)13-24)14-18-7-5-8-19(12-18)26-15-21(22)25/h3-9,12,17H,10-11,13-15H2,1-2H3,(H2,22,25)/t17-/m0/s1. The molecule has 0 radical (unpaired) electrons. The van der Waals surface area contributed by atoms with E-state index in [9.17, 15) is 4.79 Å². The van der Waals surface area contributed by atoms with Crippen molar-refractivity contribution in [3.63, 3.8) is 0 Å². The normalized spacial score (nSPS) is 17.9. The van der Waals surface area contributed by atoms with E-state index >= 15 is 0 Å². The summed E-state index contributed by atoms with van der Waals surface area (Å²) in [5.41, 5.74) is 8.98. The Morgan fingerprint density at radius 3 is 2.73 bits per heavy atom. The third-order valence-electron chi connectivity index (χ3n) is 4.89. The first-order valence-corrected chi connectivity index (χ1v) is 9.07. The number of nitrogens with two attached hydrogens (primary N) is 1. The maximum absolute atomic E-state index is 10.9. The number of carbonyl (C=O) groups excluding carboxylic acids is 1. The van der Waals surface area contributed by atoms with Crippen LogP contribution in [0.4, 0.5) is 5.69 Å². The quantitative estimate of drug-likeness (QED) is 0.867. The minimum absolute atomic E-state index is 0.0883. The van der Waals surface area contributed by atoms with Gasteiger partial charge < -0.3 is 15.4 Å². The number of carbonyl (C=O) groups is 1. The summed E-state index contributed by atoms with van der Waals surface area (Å²) >= 11 is 0. The summed E-state index contributed by atoms with van der Waals surface area (Å²) in [7, 11) is 0. The molecule has 5 heteroatoms. The lowest BCUT2D eigenvalue weighted by Gasteiger charge is -2.41. The average molecular weight is 353 g/mol. The van der Waals surface area contributed by atoms with Crippen molar-refractivity contribution < 1.29 is 9.53 Å². The van der Waals surface area contributed by atoms with Crippen molar-refractivity contribution in [3.05, 3.63) is 59.7 Å². The fraction of sp³-hybridized carbons (Fsp3) is 0.381. The van der Waals surface area contributed by atoms with Gasteiger partial charge in [0.15, 0.2) is 6.61 Å². The minimum atomic E-state index is -0.462. The van der Waals surface area contributed by atoms with Crippen LogP contribution >= 0.6 is 0 Å². The molecular formula is C21H27N3O2. The molecule has 0 spiro atoms. The summed E-state index contributed by atoms with van der Waals surface area (Å²) in [6.07, 6.45) is 0. The van der Waals surface area contributed by atoms with Crippen LogP contribution in [0.3, 0.4) is 0 Å². The monoisotopic (exact) mass is 353 g/mol. The molecule has 1 heterocycles. The largest absolute Gasteiger partial charge is 0.484 e. The fourth-order valence-electron chi connectivity index (χ4n) is 3.49. The number of hydrogen-bond acceptors (Lipinski definition) is 4. The SMILES string of the molecule is Cc1ccccc1N1CCN(Cc2cccc(OCC(N)=O)c2)[C@@H](C)C1. The second kappa shape index (κ2) is 8.23. The number of hydrogen-bond donors (Lipinski definition) is 1. The fourth-order valence-corrected chi connectivity index (χ4v) is 3.49. The van der Waals surface area contributed by atoms with Crippen molar-refractivity contribution in [2.24, 2.45) is 5.73 Å². The Labute approximate surface area is 155 Å². The predicted octanol–water partition coefficient (Wildman–Crippen LogP) is 2.57. The zero-order chi connectivity index (χ0) is 18.5. The number of para-hydroxylation sites is 1. The first-order chi connectivity index (χ1) is 12.5. The molecule has 26 heavy (non-hydrogen) atoms. The van der Waals surface area contributed by atoms with Gasteiger partial charge in [-0.15, -0.1) is 0 Å². The van der Waals surface area contributed by atoms with Gasteiger partial charge >= 0.3 is 0 Å². The number of benzene rings is 2. The van der Waals surface area contributed by atoms with Crippen LogP contribution in [-0.4, -0.2) is 43.1 Å². The third kappa shape index (κ3) is 4.55. The summed E-state index contributed by atoms with van der Waals surface area (Å²) in [6, 6.07) is 16.9. The van der Waals surface area contributed by atoms with Crippen molar-refractivity contribution in [1.29, 1.82) is 0 Å². The molecule has 0 aromatic heterocycles. The van der Waals surface area contributed by atoms with Crippen molar-refractivity contribution in [3.8, 4) is 5.75 Å². The van der Waals surface area contributed by atoms with Gasteiger partial charge in [0.05, 0.1) is 0 Å². The molecule has 0 aliphatic carbocycles. The van der Waals surface area contributed by atoms with Gasteiger partial charge in [-0.2, -0.15) is 0 Å². The number of rotatable bonds is 6. The summed E-state index contributed by atoms with van der Waals surface area (Å²) in [4.78, 5) is 15.8.